The van der Waals surface area contributed by atoms with Crippen molar-refractivity contribution in [3.8, 4) is 0 Å². The van der Waals surface area contributed by atoms with Crippen LogP contribution in [0.3, 0.4) is 0 Å². The second-order valence-electron chi connectivity index (χ2n) is 15.0. The van der Waals surface area contributed by atoms with Gasteiger partial charge in [0, 0.05) is 19.0 Å². The van der Waals surface area contributed by atoms with Crippen LogP contribution in [0.25, 0.3) is 0 Å². The Morgan fingerprint density at radius 1 is 0.688 bits per heavy atom. The lowest BCUT2D eigenvalue weighted by atomic mass is 9.98. The van der Waals surface area contributed by atoms with E-state index in [-0.39, 0.29) is 13.2 Å². The van der Waals surface area contributed by atoms with Gasteiger partial charge in [-0.3, -0.25) is 4.90 Å². The minimum atomic E-state index is -0.835. The van der Waals surface area contributed by atoms with Crippen molar-refractivity contribution in [3.63, 3.8) is 0 Å². The largest absolute Gasteiger partial charge is 0.394 e. The van der Waals surface area contributed by atoms with E-state index in [4.69, 9.17) is 14.2 Å². The predicted octanol–water partition coefficient (Wildman–Crippen LogP) is 11.0. The fourth-order valence-electron chi connectivity index (χ4n) is 7.75. The number of unbranched alkanes of at least 4 members (excludes halogenated alkanes) is 24. The maximum atomic E-state index is 14.2. The van der Waals surface area contributed by atoms with Crippen LogP contribution in [0.1, 0.15) is 194 Å². The number of urea groups is 1. The molecule has 3 rings (SSSR count). The fourth-order valence-corrected chi connectivity index (χ4v) is 7.75. The standard InChI is InChI=1S/C40H73FN2O5/c1-3-5-7-9-11-13-15-17-19-21-23-25-27-29-40(30-28-26-24-22-20-18-16-14-12-10-8-6-4-2)47-36-35(33-44)46-38(37(36)48-40)43-32-34(41)31-42-39(43)45/h32,35-38,44H,3-31,33H2,1-2H3,(H,42,45). The third kappa shape index (κ3) is 14.9. The van der Waals surface area contributed by atoms with Crippen molar-refractivity contribution in [1.29, 1.82) is 0 Å². The number of aliphatic hydroxyl groups excluding tert-OH is 1. The minimum absolute atomic E-state index is 0.126. The lowest BCUT2D eigenvalue weighted by molar-refractivity contribution is -0.228. The summed E-state index contributed by atoms with van der Waals surface area (Å²) in [7, 11) is 0. The smallest absolute Gasteiger partial charge is 0.324 e. The highest BCUT2D eigenvalue weighted by Crippen LogP contribution is 2.45. The highest BCUT2D eigenvalue weighted by molar-refractivity contribution is 5.77. The monoisotopic (exact) mass is 681 g/mol. The van der Waals surface area contributed by atoms with Gasteiger partial charge in [0.1, 0.15) is 24.1 Å². The van der Waals surface area contributed by atoms with Crippen molar-refractivity contribution in [2.24, 2.45) is 0 Å². The number of ether oxygens (including phenoxy) is 3. The Balaban J connectivity index is 1.42. The molecule has 0 aromatic carbocycles. The molecule has 2 amide bonds. The van der Waals surface area contributed by atoms with Gasteiger partial charge >= 0.3 is 6.03 Å². The summed E-state index contributed by atoms with van der Waals surface area (Å²) < 4.78 is 33.6. The molecule has 3 heterocycles. The van der Waals surface area contributed by atoms with Crippen molar-refractivity contribution >= 4 is 6.03 Å². The summed E-state index contributed by atoms with van der Waals surface area (Å²) in [5.41, 5.74) is 0. The number of halogens is 1. The average Bonchev–Trinajstić information content (AvgIpc) is 3.62. The van der Waals surface area contributed by atoms with Crippen LogP contribution >= 0.6 is 0 Å². The van der Waals surface area contributed by atoms with Crippen LogP contribution in [0.15, 0.2) is 12.0 Å². The number of carbonyl (C=O) groups is 1. The van der Waals surface area contributed by atoms with Crippen molar-refractivity contribution in [2.45, 2.75) is 224 Å². The van der Waals surface area contributed by atoms with Crippen molar-refractivity contribution in [2.75, 3.05) is 13.2 Å². The van der Waals surface area contributed by atoms with Gasteiger partial charge < -0.3 is 24.6 Å². The van der Waals surface area contributed by atoms with Gasteiger partial charge in [0.25, 0.3) is 0 Å². The van der Waals surface area contributed by atoms with E-state index in [1.165, 1.54) is 152 Å². The van der Waals surface area contributed by atoms with Gasteiger partial charge in [0.05, 0.1) is 13.2 Å². The second-order valence-corrected chi connectivity index (χ2v) is 15.0. The first kappa shape index (κ1) is 41.2. The molecule has 0 aromatic heterocycles. The lowest BCUT2D eigenvalue weighted by Crippen LogP contribution is -2.51. The summed E-state index contributed by atoms with van der Waals surface area (Å²) >= 11 is 0. The zero-order valence-corrected chi connectivity index (χ0v) is 31.0. The summed E-state index contributed by atoms with van der Waals surface area (Å²) in [5, 5.41) is 12.7. The molecule has 8 heteroatoms. The van der Waals surface area contributed by atoms with E-state index >= 15 is 0 Å². The number of nitrogens with one attached hydrogen (secondary N) is 1. The lowest BCUT2D eigenvalue weighted by Gasteiger charge is -2.34. The van der Waals surface area contributed by atoms with Crippen molar-refractivity contribution in [3.05, 3.63) is 12.0 Å². The Morgan fingerprint density at radius 3 is 1.50 bits per heavy atom. The van der Waals surface area contributed by atoms with Crippen LogP contribution < -0.4 is 5.32 Å². The van der Waals surface area contributed by atoms with E-state index in [1.54, 1.807) is 0 Å². The molecule has 0 bridgehead atoms. The molecular weight excluding hydrogens is 607 g/mol. The average molecular weight is 681 g/mol. The predicted molar refractivity (Wildman–Crippen MR) is 193 cm³/mol. The normalized spacial score (nSPS) is 23.5. The fraction of sp³-hybridized carbons (Fsp3) is 0.925. The summed E-state index contributed by atoms with van der Waals surface area (Å²) in [6.07, 6.45) is 34.1. The van der Waals surface area contributed by atoms with Gasteiger partial charge in [-0.15, -0.1) is 0 Å². The Morgan fingerprint density at radius 2 is 1.08 bits per heavy atom. The van der Waals surface area contributed by atoms with Gasteiger partial charge in [-0.05, 0) is 12.8 Å². The molecule has 2 N–H and O–H groups in total. The van der Waals surface area contributed by atoms with Crippen LogP contribution in [0, 0.1) is 0 Å². The number of amides is 2. The molecule has 2 saturated heterocycles. The number of rotatable bonds is 30. The third-order valence-corrected chi connectivity index (χ3v) is 10.7. The maximum Gasteiger partial charge on any atom is 0.324 e. The van der Waals surface area contributed by atoms with Gasteiger partial charge in [0.2, 0.25) is 0 Å². The topological polar surface area (TPSA) is 80.3 Å². The van der Waals surface area contributed by atoms with E-state index < -0.39 is 42.2 Å². The Hall–Kier alpha value is -1.22. The number of fused-ring (bicyclic) bond motifs is 1. The van der Waals surface area contributed by atoms with E-state index in [0.29, 0.717) is 0 Å². The molecule has 3 aliphatic heterocycles. The number of aliphatic hydroxyl groups is 1. The zero-order valence-electron chi connectivity index (χ0n) is 31.0. The Bertz CT molecular complexity index is 843. The van der Waals surface area contributed by atoms with E-state index in [0.717, 1.165) is 38.5 Å². The Kier molecular flexibility index (Phi) is 21.3. The van der Waals surface area contributed by atoms with Crippen LogP contribution in [0.4, 0.5) is 9.18 Å². The molecule has 48 heavy (non-hydrogen) atoms. The van der Waals surface area contributed by atoms with Crippen molar-refractivity contribution in [1.82, 2.24) is 10.2 Å². The first-order valence-corrected chi connectivity index (χ1v) is 20.6. The molecule has 280 valence electrons. The molecule has 7 nitrogen and oxygen atoms in total. The quantitative estimate of drug-likeness (QED) is 0.0738. The summed E-state index contributed by atoms with van der Waals surface area (Å²) in [6.45, 7) is 4.18. The zero-order chi connectivity index (χ0) is 34.3. The summed E-state index contributed by atoms with van der Waals surface area (Å²) in [5.74, 6) is -1.19. The molecule has 0 saturated carbocycles. The molecular formula is C40H73FN2O5. The van der Waals surface area contributed by atoms with Crippen LogP contribution in [0.2, 0.25) is 0 Å². The number of hydrogen-bond acceptors (Lipinski definition) is 5. The van der Waals surface area contributed by atoms with Gasteiger partial charge in [-0.1, -0.05) is 168 Å². The number of nitrogens with zero attached hydrogens (tertiary/aromatic N) is 1. The summed E-state index contributed by atoms with van der Waals surface area (Å²) in [4.78, 5) is 13.9. The first-order valence-electron chi connectivity index (χ1n) is 20.6. The van der Waals surface area contributed by atoms with Gasteiger partial charge in [-0.25, -0.2) is 9.18 Å². The van der Waals surface area contributed by atoms with Gasteiger partial charge in [-0.2, -0.15) is 0 Å². The SMILES string of the molecule is CCCCCCCCCCCCCCCC1(CCCCCCCCCCCCCCC)OC2C(CO)OC(N3C=C(F)CNC3=O)C2O1. The highest BCUT2D eigenvalue weighted by atomic mass is 19.1. The van der Waals surface area contributed by atoms with Crippen LogP contribution in [-0.4, -0.2) is 59.5 Å². The molecule has 0 radical (unpaired) electrons. The number of hydrogen-bond donors (Lipinski definition) is 2. The molecule has 2 fully saturated rings. The third-order valence-electron chi connectivity index (χ3n) is 10.7. The summed E-state index contributed by atoms with van der Waals surface area (Å²) in [6, 6.07) is -0.423. The molecule has 0 aromatic rings. The number of carbonyl (C=O) groups excluding carboxylic acids is 1. The van der Waals surface area contributed by atoms with E-state index in [9.17, 15) is 14.3 Å². The van der Waals surface area contributed by atoms with Gasteiger partial charge in [0.15, 0.2) is 12.0 Å². The molecule has 3 aliphatic rings. The molecule has 0 aliphatic carbocycles. The van der Waals surface area contributed by atoms with E-state index in [2.05, 4.69) is 19.2 Å². The minimum Gasteiger partial charge on any atom is -0.394 e. The maximum absolute atomic E-state index is 14.2. The Labute approximate surface area is 293 Å². The first-order chi connectivity index (χ1) is 23.5. The van der Waals surface area contributed by atoms with Crippen LogP contribution in [0.5, 0.6) is 0 Å². The van der Waals surface area contributed by atoms with E-state index in [1.807, 2.05) is 0 Å². The molecule has 4 atom stereocenters. The highest BCUT2D eigenvalue weighted by Gasteiger charge is 2.59. The molecule has 0 spiro atoms. The van der Waals surface area contributed by atoms with Crippen LogP contribution in [-0.2, 0) is 14.2 Å². The molecule has 4 unspecified atom stereocenters. The van der Waals surface area contributed by atoms with Crippen molar-refractivity contribution < 1.29 is 28.5 Å². The second kappa shape index (κ2) is 24.8.